The Hall–Kier alpha value is -2.62. The Bertz CT molecular complexity index is 983. The van der Waals surface area contributed by atoms with E-state index >= 15 is 0 Å². The molecule has 27 heavy (non-hydrogen) atoms. The number of hydrogen-bond acceptors (Lipinski definition) is 4. The average Bonchev–Trinajstić information content (AvgIpc) is 2.53. The molecule has 2 aromatic carbocycles. The molecule has 2 rings (SSSR count). The van der Waals surface area contributed by atoms with Gasteiger partial charge in [-0.25, -0.2) is 17.6 Å². The molecule has 0 amide bonds. The molecular weight excluding hydrogens is 392 g/mol. The van der Waals surface area contributed by atoms with E-state index in [1.165, 1.54) is 0 Å². The number of rotatable bonds is 5. The Morgan fingerprint density at radius 2 is 1.74 bits per heavy atom. The number of benzene rings is 2. The molecule has 1 N–H and O–H groups in total. The second-order valence-electron chi connectivity index (χ2n) is 5.72. The van der Waals surface area contributed by atoms with E-state index in [0.29, 0.717) is 18.2 Å². The standard InChI is InChI=1S/C17H14F4O5S/c1-9(16(22)23)26-15-6-3-10(17(19,20)21)7-13(15)12-5-4-11(8-14(12)18)27(2,24)25/h3-9H,1-2H3,(H,22,23)/t9-/m0/s1. The van der Waals surface area contributed by atoms with Crippen molar-refractivity contribution in [3.63, 3.8) is 0 Å². The Morgan fingerprint density at radius 1 is 1.11 bits per heavy atom. The monoisotopic (exact) mass is 406 g/mol. The van der Waals surface area contributed by atoms with E-state index in [-0.39, 0.29) is 21.8 Å². The maximum atomic E-state index is 14.5. The quantitative estimate of drug-likeness (QED) is 0.765. The second-order valence-corrected chi connectivity index (χ2v) is 7.74. The number of carboxylic acid groups (broad SMARTS) is 1. The largest absolute Gasteiger partial charge is 0.479 e. The van der Waals surface area contributed by atoms with Gasteiger partial charge in [-0.2, -0.15) is 13.2 Å². The number of halogens is 4. The van der Waals surface area contributed by atoms with Crippen molar-refractivity contribution in [2.75, 3.05) is 6.26 Å². The maximum absolute atomic E-state index is 14.5. The van der Waals surface area contributed by atoms with Gasteiger partial charge in [0.15, 0.2) is 15.9 Å². The van der Waals surface area contributed by atoms with Crippen molar-refractivity contribution in [2.24, 2.45) is 0 Å². The van der Waals surface area contributed by atoms with Crippen LogP contribution in [0, 0.1) is 5.82 Å². The fourth-order valence-corrected chi connectivity index (χ4v) is 2.84. The molecule has 2 aromatic rings. The first-order chi connectivity index (χ1) is 12.3. The summed E-state index contributed by atoms with van der Waals surface area (Å²) in [5.74, 6) is -2.75. The van der Waals surface area contributed by atoms with E-state index in [1.54, 1.807) is 0 Å². The van der Waals surface area contributed by atoms with Crippen molar-refractivity contribution < 1.29 is 40.6 Å². The zero-order valence-electron chi connectivity index (χ0n) is 14.0. The molecule has 0 radical (unpaired) electrons. The predicted molar refractivity (Wildman–Crippen MR) is 87.7 cm³/mol. The van der Waals surface area contributed by atoms with Gasteiger partial charge in [0.1, 0.15) is 11.6 Å². The third kappa shape index (κ3) is 4.76. The summed E-state index contributed by atoms with van der Waals surface area (Å²) in [5, 5.41) is 8.92. The number of ether oxygens (including phenoxy) is 1. The van der Waals surface area contributed by atoms with Gasteiger partial charge in [-0.15, -0.1) is 0 Å². The van der Waals surface area contributed by atoms with Gasteiger partial charge in [-0.05, 0) is 37.3 Å². The third-order valence-corrected chi connectivity index (χ3v) is 4.73. The molecule has 0 unspecified atom stereocenters. The number of alkyl halides is 3. The fourth-order valence-electron chi connectivity index (χ4n) is 2.21. The van der Waals surface area contributed by atoms with Crippen molar-refractivity contribution in [3.8, 4) is 16.9 Å². The second kappa shape index (κ2) is 7.18. The zero-order valence-corrected chi connectivity index (χ0v) is 14.9. The lowest BCUT2D eigenvalue weighted by Gasteiger charge is -2.17. The van der Waals surface area contributed by atoms with E-state index in [2.05, 4.69) is 0 Å². The minimum absolute atomic E-state index is 0.288. The minimum atomic E-state index is -4.73. The Balaban J connectivity index is 2.66. The van der Waals surface area contributed by atoms with E-state index in [0.717, 1.165) is 31.4 Å². The molecule has 0 aliphatic rings. The first kappa shape index (κ1) is 20.7. The van der Waals surface area contributed by atoms with Crippen molar-refractivity contribution in [3.05, 3.63) is 47.8 Å². The molecule has 0 aliphatic heterocycles. The van der Waals surface area contributed by atoms with Crippen LogP contribution in [0.1, 0.15) is 12.5 Å². The molecule has 0 aliphatic carbocycles. The van der Waals surface area contributed by atoms with Gasteiger partial charge in [0.05, 0.1) is 10.5 Å². The molecular formula is C17H14F4O5S. The summed E-state index contributed by atoms with van der Waals surface area (Å²) in [4.78, 5) is 10.6. The van der Waals surface area contributed by atoms with Crippen LogP contribution < -0.4 is 4.74 Å². The number of hydrogen-bond donors (Lipinski definition) is 1. The Morgan fingerprint density at radius 3 is 2.22 bits per heavy atom. The molecule has 0 saturated carbocycles. The highest BCUT2D eigenvalue weighted by molar-refractivity contribution is 7.90. The lowest BCUT2D eigenvalue weighted by Crippen LogP contribution is -2.23. The smallest absolute Gasteiger partial charge is 0.416 e. The summed E-state index contributed by atoms with van der Waals surface area (Å²) < 4.78 is 81.6. The van der Waals surface area contributed by atoms with Crippen LogP contribution >= 0.6 is 0 Å². The molecule has 0 spiro atoms. The first-order valence-electron chi connectivity index (χ1n) is 7.41. The molecule has 0 bridgehead atoms. The third-order valence-electron chi connectivity index (χ3n) is 3.62. The average molecular weight is 406 g/mol. The highest BCUT2D eigenvalue weighted by Crippen LogP contribution is 2.39. The van der Waals surface area contributed by atoms with Crippen molar-refractivity contribution in [1.29, 1.82) is 0 Å². The SMILES string of the molecule is C[C@H](Oc1ccc(C(F)(F)F)cc1-c1ccc(S(C)(=O)=O)cc1F)C(=O)O. The van der Waals surface area contributed by atoms with E-state index < -0.39 is 39.5 Å². The van der Waals surface area contributed by atoms with Crippen molar-refractivity contribution in [2.45, 2.75) is 24.1 Å². The van der Waals surface area contributed by atoms with Crippen LogP contribution in [0.15, 0.2) is 41.3 Å². The molecule has 0 aromatic heterocycles. The van der Waals surface area contributed by atoms with Crippen LogP contribution in [-0.2, 0) is 20.8 Å². The summed E-state index contributed by atoms with van der Waals surface area (Å²) in [5.41, 5.74) is -1.81. The topological polar surface area (TPSA) is 80.7 Å². The summed E-state index contributed by atoms with van der Waals surface area (Å²) in [6.07, 6.45) is -5.28. The normalized spacial score (nSPS) is 13.3. The van der Waals surface area contributed by atoms with Crippen LogP contribution in [0.4, 0.5) is 17.6 Å². The Kier molecular flexibility index (Phi) is 5.50. The summed E-state index contributed by atoms with van der Waals surface area (Å²) in [7, 11) is -3.73. The van der Waals surface area contributed by atoms with E-state index in [4.69, 9.17) is 9.84 Å². The van der Waals surface area contributed by atoms with Gasteiger partial charge in [0.25, 0.3) is 0 Å². The first-order valence-corrected chi connectivity index (χ1v) is 9.30. The van der Waals surface area contributed by atoms with Crippen LogP contribution in [0.25, 0.3) is 11.1 Å². The van der Waals surface area contributed by atoms with Crippen LogP contribution in [0.5, 0.6) is 5.75 Å². The molecule has 5 nitrogen and oxygen atoms in total. The van der Waals surface area contributed by atoms with Gasteiger partial charge in [-0.3, -0.25) is 0 Å². The number of sulfone groups is 1. The predicted octanol–water partition coefficient (Wildman–Crippen LogP) is 3.77. The van der Waals surface area contributed by atoms with Gasteiger partial charge >= 0.3 is 12.1 Å². The highest BCUT2D eigenvalue weighted by Gasteiger charge is 2.32. The van der Waals surface area contributed by atoms with Crippen molar-refractivity contribution in [1.82, 2.24) is 0 Å². The van der Waals surface area contributed by atoms with E-state index in [1.807, 2.05) is 0 Å². The maximum Gasteiger partial charge on any atom is 0.416 e. The van der Waals surface area contributed by atoms with Gasteiger partial charge in [0.2, 0.25) is 0 Å². The number of carboxylic acids is 1. The van der Waals surface area contributed by atoms with E-state index in [9.17, 15) is 30.8 Å². The van der Waals surface area contributed by atoms with Crippen LogP contribution in [0.2, 0.25) is 0 Å². The summed E-state index contributed by atoms with van der Waals surface area (Å²) in [6, 6.07) is 4.90. The number of aliphatic carboxylic acids is 1. The molecule has 10 heteroatoms. The van der Waals surface area contributed by atoms with Gasteiger partial charge in [-0.1, -0.05) is 6.07 Å². The number of carbonyl (C=O) groups is 1. The van der Waals surface area contributed by atoms with Crippen molar-refractivity contribution >= 4 is 15.8 Å². The molecule has 0 saturated heterocycles. The summed E-state index contributed by atoms with van der Waals surface area (Å²) in [6.45, 7) is 1.16. The zero-order chi connectivity index (χ0) is 20.6. The Labute approximate surface area is 152 Å². The molecule has 146 valence electrons. The lowest BCUT2D eigenvalue weighted by molar-refractivity contribution is -0.144. The highest BCUT2D eigenvalue weighted by atomic mass is 32.2. The lowest BCUT2D eigenvalue weighted by atomic mass is 10.0. The molecule has 1 atom stereocenters. The van der Waals surface area contributed by atoms with Crippen LogP contribution in [0.3, 0.4) is 0 Å². The summed E-state index contributed by atoms with van der Waals surface area (Å²) >= 11 is 0. The molecule has 0 fully saturated rings. The fraction of sp³-hybridized carbons (Fsp3) is 0.235. The minimum Gasteiger partial charge on any atom is -0.479 e. The molecule has 0 heterocycles. The van der Waals surface area contributed by atoms with Gasteiger partial charge in [0, 0.05) is 17.4 Å². The van der Waals surface area contributed by atoms with Gasteiger partial charge < -0.3 is 9.84 Å². The van der Waals surface area contributed by atoms with Crippen LogP contribution in [-0.4, -0.2) is 31.9 Å².